The Hall–Kier alpha value is -3.55. The van der Waals surface area contributed by atoms with E-state index in [2.05, 4.69) is 4.99 Å². The lowest BCUT2D eigenvalue weighted by atomic mass is 10.2. The number of benzene rings is 2. The van der Waals surface area contributed by atoms with Crippen LogP contribution >= 0.6 is 0 Å². The van der Waals surface area contributed by atoms with Crippen molar-refractivity contribution in [3.8, 4) is 11.6 Å². The van der Waals surface area contributed by atoms with Crippen molar-refractivity contribution in [1.29, 1.82) is 0 Å². The largest absolute Gasteiger partial charge is 0.493 e. The van der Waals surface area contributed by atoms with E-state index in [0.717, 1.165) is 6.07 Å². The summed E-state index contributed by atoms with van der Waals surface area (Å²) in [5.74, 6) is -1.90. The van der Waals surface area contributed by atoms with Crippen LogP contribution in [0.25, 0.3) is 5.69 Å². The molecule has 0 bridgehead atoms. The number of H-pyrrole nitrogens is 1. The lowest BCUT2D eigenvalue weighted by Gasteiger charge is -2.12. The second-order valence-electron chi connectivity index (χ2n) is 5.78. The number of nitrogens with one attached hydrogen (secondary N) is 1. The number of aromatic amines is 1. The van der Waals surface area contributed by atoms with Crippen molar-refractivity contribution in [2.24, 2.45) is 4.99 Å². The summed E-state index contributed by atoms with van der Waals surface area (Å²) in [4.78, 5) is 30.5. The topological polar surface area (TPSA) is 87.4 Å². The van der Waals surface area contributed by atoms with E-state index in [0.29, 0.717) is 10.1 Å². The zero-order valence-corrected chi connectivity index (χ0v) is 14.2. The van der Waals surface area contributed by atoms with Crippen LogP contribution in [-0.2, 0) is 6.54 Å². The van der Waals surface area contributed by atoms with E-state index in [9.17, 15) is 23.5 Å². The van der Waals surface area contributed by atoms with E-state index in [1.54, 1.807) is 6.07 Å². The molecule has 0 fully saturated rings. The normalized spacial score (nSPS) is 11.6. The second-order valence-corrected chi connectivity index (χ2v) is 5.78. The van der Waals surface area contributed by atoms with Crippen LogP contribution in [0.1, 0.15) is 18.1 Å². The second kappa shape index (κ2) is 7.36. The Bertz CT molecular complexity index is 1150. The van der Waals surface area contributed by atoms with E-state index >= 15 is 0 Å². The van der Waals surface area contributed by atoms with Gasteiger partial charge in [0.2, 0.25) is 5.88 Å². The first-order valence-electron chi connectivity index (χ1n) is 7.97. The quantitative estimate of drug-likeness (QED) is 0.691. The van der Waals surface area contributed by atoms with Crippen LogP contribution in [0.5, 0.6) is 5.88 Å². The van der Waals surface area contributed by atoms with Gasteiger partial charge in [-0.2, -0.15) is 0 Å². The molecule has 0 radical (unpaired) electrons. The van der Waals surface area contributed by atoms with Gasteiger partial charge in [-0.1, -0.05) is 24.3 Å². The summed E-state index contributed by atoms with van der Waals surface area (Å²) in [6.45, 7) is 1.51. The van der Waals surface area contributed by atoms with Gasteiger partial charge in [0.1, 0.15) is 17.2 Å². The molecule has 0 saturated carbocycles. The summed E-state index contributed by atoms with van der Waals surface area (Å²) in [6.07, 6.45) is 0. The average molecular weight is 371 g/mol. The minimum Gasteiger partial charge on any atom is -0.493 e. The smallest absolute Gasteiger partial charge is 0.335 e. The van der Waals surface area contributed by atoms with E-state index in [4.69, 9.17) is 0 Å². The maximum absolute atomic E-state index is 14.0. The number of aromatic hydroxyl groups is 1. The first kappa shape index (κ1) is 18.2. The van der Waals surface area contributed by atoms with Gasteiger partial charge in [0.25, 0.3) is 5.56 Å². The molecular formula is C19H15F2N3O3. The zero-order valence-electron chi connectivity index (χ0n) is 14.2. The molecule has 2 N–H and O–H groups in total. The fourth-order valence-electron chi connectivity index (χ4n) is 2.63. The molecule has 0 amide bonds. The number of nitrogens with zero attached hydrogens (tertiary/aromatic N) is 2. The Morgan fingerprint density at radius 2 is 1.89 bits per heavy atom. The van der Waals surface area contributed by atoms with Gasteiger partial charge in [-0.3, -0.25) is 14.8 Å². The van der Waals surface area contributed by atoms with E-state index in [-0.39, 0.29) is 23.5 Å². The minimum absolute atomic E-state index is 0.0568. The Morgan fingerprint density at radius 3 is 2.59 bits per heavy atom. The first-order valence-corrected chi connectivity index (χ1v) is 7.97. The van der Waals surface area contributed by atoms with Gasteiger partial charge in [0.05, 0.1) is 17.9 Å². The number of halogens is 2. The van der Waals surface area contributed by atoms with Crippen molar-refractivity contribution in [3.63, 3.8) is 0 Å². The third-order valence-corrected chi connectivity index (χ3v) is 3.93. The highest BCUT2D eigenvalue weighted by Crippen LogP contribution is 2.19. The highest BCUT2D eigenvalue weighted by Gasteiger charge is 2.19. The molecule has 6 nitrogen and oxygen atoms in total. The number of aliphatic imine (C=N–C) groups is 1. The van der Waals surface area contributed by atoms with Crippen LogP contribution in [0.4, 0.5) is 8.78 Å². The number of para-hydroxylation sites is 1. The highest BCUT2D eigenvalue weighted by atomic mass is 19.1. The summed E-state index contributed by atoms with van der Waals surface area (Å²) in [7, 11) is 0. The van der Waals surface area contributed by atoms with Crippen LogP contribution in [0.2, 0.25) is 0 Å². The van der Waals surface area contributed by atoms with E-state index in [1.165, 1.54) is 43.3 Å². The molecule has 0 saturated heterocycles. The van der Waals surface area contributed by atoms with Gasteiger partial charge >= 0.3 is 5.69 Å². The van der Waals surface area contributed by atoms with Gasteiger partial charge in [0, 0.05) is 0 Å². The van der Waals surface area contributed by atoms with Crippen LogP contribution in [0, 0.1) is 11.6 Å². The minimum atomic E-state index is -0.982. The predicted octanol–water partition coefficient (Wildman–Crippen LogP) is 2.52. The Balaban J connectivity index is 2.09. The van der Waals surface area contributed by atoms with Gasteiger partial charge in [0.15, 0.2) is 0 Å². The fourth-order valence-corrected chi connectivity index (χ4v) is 2.63. The maximum Gasteiger partial charge on any atom is 0.335 e. The van der Waals surface area contributed by atoms with Crippen molar-refractivity contribution < 1.29 is 13.9 Å². The zero-order chi connectivity index (χ0) is 19.6. The molecule has 0 aliphatic rings. The third kappa shape index (κ3) is 3.69. The molecule has 0 aliphatic heterocycles. The predicted molar refractivity (Wildman–Crippen MR) is 96.6 cm³/mol. The van der Waals surface area contributed by atoms with Crippen molar-refractivity contribution >= 4 is 5.71 Å². The molecule has 138 valence electrons. The van der Waals surface area contributed by atoms with Gasteiger partial charge < -0.3 is 5.11 Å². The molecule has 8 heteroatoms. The molecule has 1 heterocycles. The van der Waals surface area contributed by atoms with Crippen molar-refractivity contribution in [1.82, 2.24) is 9.55 Å². The standard InChI is InChI=1S/C19H15F2N3O3/c1-11(22-10-12-5-4-6-13(20)9-12)16-17(25)23-19(27)24(18(16)26)15-8-3-2-7-14(15)21/h2-9,26H,10H2,1H3,(H,23,25,27). The lowest BCUT2D eigenvalue weighted by Crippen LogP contribution is -2.33. The summed E-state index contributed by atoms with van der Waals surface area (Å²) in [5.41, 5.74) is -1.64. The SMILES string of the molecule is CC(=NCc1cccc(F)c1)c1c(O)n(-c2ccccc2F)c(=O)[nH]c1=O. The summed E-state index contributed by atoms with van der Waals surface area (Å²) in [6, 6.07) is 11.1. The summed E-state index contributed by atoms with van der Waals surface area (Å²) < 4.78 is 28.0. The molecule has 0 atom stereocenters. The number of aromatic nitrogens is 2. The Morgan fingerprint density at radius 1 is 1.15 bits per heavy atom. The molecule has 0 aliphatic carbocycles. The van der Waals surface area contributed by atoms with Crippen LogP contribution in [0.3, 0.4) is 0 Å². The van der Waals surface area contributed by atoms with Crippen molar-refractivity contribution in [2.75, 3.05) is 0 Å². The van der Waals surface area contributed by atoms with Crippen LogP contribution in [0.15, 0.2) is 63.1 Å². The first-order chi connectivity index (χ1) is 12.9. The summed E-state index contributed by atoms with van der Waals surface area (Å²) in [5, 5.41) is 10.5. The lowest BCUT2D eigenvalue weighted by molar-refractivity contribution is 0.426. The van der Waals surface area contributed by atoms with Gasteiger partial charge in [-0.15, -0.1) is 0 Å². The fraction of sp³-hybridized carbons (Fsp3) is 0.105. The Kier molecular flexibility index (Phi) is 4.98. The molecule has 0 spiro atoms. The monoisotopic (exact) mass is 371 g/mol. The van der Waals surface area contributed by atoms with Crippen LogP contribution < -0.4 is 11.2 Å². The molecule has 3 aromatic rings. The molecular weight excluding hydrogens is 356 g/mol. The third-order valence-electron chi connectivity index (χ3n) is 3.93. The maximum atomic E-state index is 14.0. The van der Waals surface area contributed by atoms with Crippen molar-refractivity contribution in [2.45, 2.75) is 13.5 Å². The molecule has 27 heavy (non-hydrogen) atoms. The number of hydrogen-bond acceptors (Lipinski definition) is 4. The Labute approximate surface area is 152 Å². The molecule has 2 aromatic carbocycles. The molecule has 0 unspecified atom stereocenters. The average Bonchev–Trinajstić information content (AvgIpc) is 2.61. The van der Waals surface area contributed by atoms with Crippen molar-refractivity contribution in [3.05, 3.63) is 92.1 Å². The highest BCUT2D eigenvalue weighted by molar-refractivity contribution is 6.00. The van der Waals surface area contributed by atoms with Gasteiger partial charge in [-0.05, 0) is 36.8 Å². The molecule has 1 aromatic heterocycles. The van der Waals surface area contributed by atoms with E-state index in [1.807, 2.05) is 4.98 Å². The molecule has 3 rings (SSSR count). The number of rotatable bonds is 4. The van der Waals surface area contributed by atoms with Crippen LogP contribution in [-0.4, -0.2) is 20.4 Å². The van der Waals surface area contributed by atoms with E-state index < -0.39 is 28.8 Å². The number of hydrogen-bond donors (Lipinski definition) is 2. The summed E-state index contributed by atoms with van der Waals surface area (Å²) >= 11 is 0. The van der Waals surface area contributed by atoms with Gasteiger partial charge in [-0.25, -0.2) is 18.1 Å².